The van der Waals surface area contributed by atoms with Gasteiger partial charge in [0.2, 0.25) is 0 Å². The van der Waals surface area contributed by atoms with E-state index in [1.54, 1.807) is 12.1 Å². The first kappa shape index (κ1) is 22.6. The minimum absolute atomic E-state index is 0.0628. The predicted octanol–water partition coefficient (Wildman–Crippen LogP) is 4.07. The summed E-state index contributed by atoms with van der Waals surface area (Å²) in [5.41, 5.74) is 2.93. The number of tetrazole rings is 1. The van der Waals surface area contributed by atoms with Crippen molar-refractivity contribution in [3.63, 3.8) is 0 Å². The number of aromatic nitrogens is 4. The van der Waals surface area contributed by atoms with Gasteiger partial charge in [-0.25, -0.2) is 4.79 Å². The molecule has 0 atom stereocenters. The Kier molecular flexibility index (Phi) is 6.21. The molecule has 0 aliphatic heterocycles. The third-order valence-corrected chi connectivity index (χ3v) is 5.27. The molecule has 174 valence electrons. The number of rotatable bonds is 8. The van der Waals surface area contributed by atoms with Gasteiger partial charge in [-0.2, -0.15) is 9.36 Å². The summed E-state index contributed by atoms with van der Waals surface area (Å²) in [5.74, 6) is 0.0475. The monoisotopic (exact) mass is 461 g/mol. The number of ether oxygens (including phenoxy) is 1. The first-order valence-electron chi connectivity index (χ1n) is 10.4. The Morgan fingerprint density at radius 2 is 1.94 bits per heavy atom. The van der Waals surface area contributed by atoms with Gasteiger partial charge in [0, 0.05) is 18.2 Å². The molecule has 0 unspecified atom stereocenters. The Balaban J connectivity index is 1.60. The summed E-state index contributed by atoms with van der Waals surface area (Å²) >= 11 is 0. The lowest BCUT2D eigenvalue weighted by Crippen LogP contribution is -2.23. The van der Waals surface area contributed by atoms with Crippen molar-refractivity contribution >= 4 is 5.71 Å². The Labute approximate surface area is 187 Å². The Hall–Kier alpha value is -3.63. The predicted molar refractivity (Wildman–Crippen MR) is 113 cm³/mol. The summed E-state index contributed by atoms with van der Waals surface area (Å²) in [5, 5.41) is 11.9. The molecule has 33 heavy (non-hydrogen) atoms. The fourth-order valence-electron chi connectivity index (χ4n) is 3.56. The lowest BCUT2D eigenvalue weighted by atomic mass is 10.0. The Bertz CT molecular complexity index is 1230. The normalized spacial score (nSPS) is 14.4. The summed E-state index contributed by atoms with van der Waals surface area (Å²) in [6, 6.07) is 11.2. The van der Waals surface area contributed by atoms with Crippen molar-refractivity contribution in [2.45, 2.75) is 45.1 Å². The van der Waals surface area contributed by atoms with Gasteiger partial charge in [0.25, 0.3) is 0 Å². The van der Waals surface area contributed by atoms with Crippen LogP contribution < -0.4 is 10.4 Å². The van der Waals surface area contributed by atoms with Gasteiger partial charge in [-0.15, -0.1) is 13.2 Å². The largest absolute Gasteiger partial charge is 0.573 e. The molecule has 3 aromatic rings. The topological polar surface area (TPSA) is 83.5 Å². The molecule has 1 fully saturated rings. The highest BCUT2D eigenvalue weighted by Crippen LogP contribution is 2.43. The zero-order chi connectivity index (χ0) is 23.6. The van der Waals surface area contributed by atoms with Crippen molar-refractivity contribution in [3.05, 3.63) is 69.6 Å². The average Bonchev–Trinajstić information content (AvgIpc) is 3.56. The second-order valence-electron chi connectivity index (χ2n) is 7.66. The summed E-state index contributed by atoms with van der Waals surface area (Å²) in [6.45, 7) is 1.88. The highest BCUT2D eigenvalue weighted by atomic mass is 19.4. The molecule has 1 saturated carbocycles. The van der Waals surface area contributed by atoms with Gasteiger partial charge in [-0.1, -0.05) is 36.3 Å². The van der Waals surface area contributed by atoms with E-state index >= 15 is 0 Å². The molecule has 0 bridgehead atoms. The average molecular weight is 461 g/mol. The van der Waals surface area contributed by atoms with E-state index < -0.39 is 6.36 Å². The maximum Gasteiger partial charge on any atom is 0.573 e. The lowest BCUT2D eigenvalue weighted by molar-refractivity contribution is -0.274. The second-order valence-corrected chi connectivity index (χ2v) is 7.66. The second kappa shape index (κ2) is 9.08. The van der Waals surface area contributed by atoms with E-state index in [2.05, 4.69) is 20.3 Å². The number of oxime groups is 1. The van der Waals surface area contributed by atoms with Crippen LogP contribution in [0.25, 0.3) is 5.69 Å². The molecule has 1 aromatic heterocycles. The number of hydrogen-bond acceptors (Lipinski definition) is 6. The maximum absolute atomic E-state index is 12.5. The van der Waals surface area contributed by atoms with Crippen LogP contribution in [0.3, 0.4) is 0 Å². The number of alkyl halides is 3. The Morgan fingerprint density at radius 1 is 1.18 bits per heavy atom. The smallest absolute Gasteiger partial charge is 0.406 e. The van der Waals surface area contributed by atoms with Crippen LogP contribution >= 0.6 is 0 Å². The molecule has 1 aliphatic carbocycles. The van der Waals surface area contributed by atoms with Crippen LogP contribution in [-0.4, -0.2) is 31.9 Å². The molecular formula is C22H22F3N5O3. The summed E-state index contributed by atoms with van der Waals surface area (Å²) in [6.07, 6.45) is -2.27. The van der Waals surface area contributed by atoms with Crippen molar-refractivity contribution in [2.24, 2.45) is 12.2 Å². The van der Waals surface area contributed by atoms with Crippen LogP contribution in [0.1, 0.15) is 48.8 Å². The van der Waals surface area contributed by atoms with Crippen LogP contribution in [0.5, 0.6) is 5.75 Å². The molecule has 11 heteroatoms. The lowest BCUT2D eigenvalue weighted by Gasteiger charge is -2.13. The summed E-state index contributed by atoms with van der Waals surface area (Å²) < 4.78 is 44.0. The number of hydrogen-bond donors (Lipinski definition) is 0. The van der Waals surface area contributed by atoms with Crippen LogP contribution in [0.4, 0.5) is 13.2 Å². The van der Waals surface area contributed by atoms with Gasteiger partial charge >= 0.3 is 12.1 Å². The van der Waals surface area contributed by atoms with Crippen LogP contribution in [0.2, 0.25) is 0 Å². The molecule has 0 radical (unpaired) electrons. The third-order valence-electron chi connectivity index (χ3n) is 5.27. The van der Waals surface area contributed by atoms with Gasteiger partial charge in [0.1, 0.15) is 12.4 Å². The van der Waals surface area contributed by atoms with E-state index in [1.807, 2.05) is 19.1 Å². The molecule has 0 spiro atoms. The molecule has 4 rings (SSSR count). The summed E-state index contributed by atoms with van der Waals surface area (Å²) in [7, 11) is 1.52. The van der Waals surface area contributed by atoms with Crippen molar-refractivity contribution in [3.8, 4) is 11.4 Å². The van der Waals surface area contributed by atoms with Crippen molar-refractivity contribution < 1.29 is 22.7 Å². The Morgan fingerprint density at radius 3 is 2.58 bits per heavy atom. The molecule has 0 saturated heterocycles. The van der Waals surface area contributed by atoms with Gasteiger partial charge < -0.3 is 9.57 Å². The number of halogens is 3. The van der Waals surface area contributed by atoms with Gasteiger partial charge in [-0.3, -0.25) is 0 Å². The number of nitrogens with zero attached hydrogens (tertiary/aromatic N) is 5. The molecule has 8 nitrogen and oxygen atoms in total. The SMILES string of the molecule is CCC(=NOCc1c(C2CC2)cccc1-n1nnn(C)c1=O)c1cccc(OC(F)(F)F)c1. The summed E-state index contributed by atoms with van der Waals surface area (Å²) in [4.78, 5) is 18.1. The first-order chi connectivity index (χ1) is 15.8. The van der Waals surface area contributed by atoms with E-state index in [-0.39, 0.29) is 18.0 Å². The molecule has 1 heterocycles. The van der Waals surface area contributed by atoms with Crippen molar-refractivity contribution in [1.29, 1.82) is 0 Å². The standard InChI is InChI=1S/C22H22F3N5O3/c1-3-19(15-6-4-7-16(12-15)33-22(23,24)25)26-32-13-18-17(14-10-11-14)8-5-9-20(18)30-21(31)29(2)27-28-30/h4-9,12,14H,3,10-11,13H2,1-2H3. The quantitative estimate of drug-likeness (QED) is 0.373. The zero-order valence-corrected chi connectivity index (χ0v) is 18.0. The van der Waals surface area contributed by atoms with E-state index in [1.165, 1.54) is 29.9 Å². The van der Waals surface area contributed by atoms with E-state index in [9.17, 15) is 18.0 Å². The third kappa shape index (κ3) is 5.24. The highest BCUT2D eigenvalue weighted by Gasteiger charge is 2.31. The highest BCUT2D eigenvalue weighted by molar-refractivity contribution is 6.00. The van der Waals surface area contributed by atoms with Gasteiger partial charge in [-0.05, 0) is 59.4 Å². The fourth-order valence-corrected chi connectivity index (χ4v) is 3.56. The minimum Gasteiger partial charge on any atom is -0.406 e. The zero-order valence-electron chi connectivity index (χ0n) is 18.0. The van der Waals surface area contributed by atoms with E-state index in [0.717, 1.165) is 28.7 Å². The van der Waals surface area contributed by atoms with Gasteiger partial charge in [0.15, 0.2) is 0 Å². The first-order valence-corrected chi connectivity index (χ1v) is 10.4. The molecule has 0 amide bonds. The van der Waals surface area contributed by atoms with Crippen molar-refractivity contribution in [2.75, 3.05) is 0 Å². The molecule has 2 aromatic carbocycles. The van der Waals surface area contributed by atoms with Crippen LogP contribution in [0, 0.1) is 0 Å². The van der Waals surface area contributed by atoms with E-state index in [4.69, 9.17) is 4.84 Å². The van der Waals surface area contributed by atoms with Crippen LogP contribution in [0.15, 0.2) is 52.4 Å². The fraction of sp³-hybridized carbons (Fsp3) is 0.364. The van der Waals surface area contributed by atoms with Crippen molar-refractivity contribution in [1.82, 2.24) is 19.8 Å². The van der Waals surface area contributed by atoms with E-state index in [0.29, 0.717) is 29.3 Å². The number of benzene rings is 2. The maximum atomic E-state index is 12.5. The van der Waals surface area contributed by atoms with Crippen LogP contribution in [-0.2, 0) is 18.5 Å². The molecule has 1 aliphatic rings. The molecule has 0 N–H and O–H groups in total. The number of aryl methyl sites for hydroxylation is 1. The van der Waals surface area contributed by atoms with Gasteiger partial charge in [0.05, 0.1) is 11.4 Å². The minimum atomic E-state index is -4.78. The molecular weight excluding hydrogens is 439 g/mol.